The summed E-state index contributed by atoms with van der Waals surface area (Å²) in [6, 6.07) is 20.1. The number of para-hydroxylation sites is 1. The Labute approximate surface area is 168 Å². The molecule has 1 N–H and O–H groups in total. The van der Waals surface area contributed by atoms with Crippen molar-refractivity contribution in [1.82, 2.24) is 0 Å². The molecule has 29 heavy (non-hydrogen) atoms. The Morgan fingerprint density at radius 3 is 2.55 bits per heavy atom. The molecule has 146 valence electrons. The van der Waals surface area contributed by atoms with Gasteiger partial charge in [0, 0.05) is 24.0 Å². The number of nitrogens with zero attached hydrogens (tertiary/aromatic N) is 1. The van der Waals surface area contributed by atoms with Gasteiger partial charge in [-0.25, -0.2) is 4.79 Å². The van der Waals surface area contributed by atoms with E-state index in [1.165, 1.54) is 0 Å². The van der Waals surface area contributed by atoms with Crippen LogP contribution in [-0.4, -0.2) is 30.9 Å². The van der Waals surface area contributed by atoms with E-state index >= 15 is 0 Å². The number of anilines is 2. The van der Waals surface area contributed by atoms with Crippen LogP contribution < -0.4 is 10.2 Å². The van der Waals surface area contributed by atoms with Crippen molar-refractivity contribution in [1.29, 1.82) is 0 Å². The number of amides is 2. The number of carbonyl (C=O) groups excluding carboxylic acids is 3. The van der Waals surface area contributed by atoms with Crippen molar-refractivity contribution in [3.63, 3.8) is 0 Å². The van der Waals surface area contributed by atoms with Gasteiger partial charge in [0.25, 0.3) is 5.91 Å². The molecule has 1 aliphatic rings. The Morgan fingerprint density at radius 2 is 1.72 bits per heavy atom. The minimum absolute atomic E-state index is 0.0149. The molecule has 4 rings (SSSR count). The first kappa shape index (κ1) is 18.7. The van der Waals surface area contributed by atoms with Gasteiger partial charge in [-0.1, -0.05) is 48.5 Å². The SMILES string of the molecule is O=C(COC(=O)c1ccccc1N1CCCC1=O)Nc1cccc2ccccc12. The van der Waals surface area contributed by atoms with Crippen LogP contribution >= 0.6 is 0 Å². The van der Waals surface area contributed by atoms with Crippen molar-refractivity contribution in [3.8, 4) is 0 Å². The molecule has 0 radical (unpaired) electrons. The molecule has 1 saturated heterocycles. The van der Waals surface area contributed by atoms with E-state index in [9.17, 15) is 14.4 Å². The van der Waals surface area contributed by atoms with Crippen LogP contribution in [0, 0.1) is 0 Å². The third kappa shape index (κ3) is 3.96. The summed E-state index contributed by atoms with van der Waals surface area (Å²) in [4.78, 5) is 38.5. The lowest BCUT2D eigenvalue weighted by Crippen LogP contribution is -2.27. The highest BCUT2D eigenvalue weighted by atomic mass is 16.5. The van der Waals surface area contributed by atoms with Gasteiger partial charge in [0.1, 0.15) is 0 Å². The number of fused-ring (bicyclic) bond motifs is 1. The second-order valence-corrected chi connectivity index (χ2v) is 6.82. The summed E-state index contributed by atoms with van der Waals surface area (Å²) in [5.41, 5.74) is 1.46. The highest BCUT2D eigenvalue weighted by Gasteiger charge is 2.26. The molecule has 0 saturated carbocycles. The van der Waals surface area contributed by atoms with Crippen LogP contribution in [-0.2, 0) is 14.3 Å². The average Bonchev–Trinajstić information content (AvgIpc) is 3.18. The maximum atomic E-state index is 12.6. The Kier molecular flexibility index (Phi) is 5.24. The lowest BCUT2D eigenvalue weighted by molar-refractivity contribution is -0.119. The molecule has 0 atom stereocenters. The second kappa shape index (κ2) is 8.14. The highest BCUT2D eigenvalue weighted by molar-refractivity contribution is 6.05. The summed E-state index contributed by atoms with van der Waals surface area (Å²) in [7, 11) is 0. The zero-order chi connectivity index (χ0) is 20.2. The van der Waals surface area contributed by atoms with E-state index < -0.39 is 18.5 Å². The number of hydrogen-bond acceptors (Lipinski definition) is 4. The lowest BCUT2D eigenvalue weighted by atomic mass is 10.1. The molecule has 6 heteroatoms. The van der Waals surface area contributed by atoms with Crippen molar-refractivity contribution >= 4 is 39.9 Å². The molecule has 1 heterocycles. The zero-order valence-electron chi connectivity index (χ0n) is 15.8. The molecule has 0 bridgehead atoms. The molecule has 3 aromatic carbocycles. The maximum Gasteiger partial charge on any atom is 0.340 e. The minimum Gasteiger partial charge on any atom is -0.452 e. The molecule has 0 aliphatic carbocycles. The molecule has 3 aromatic rings. The molecule has 1 fully saturated rings. The largest absolute Gasteiger partial charge is 0.452 e. The first-order chi connectivity index (χ1) is 14.1. The van der Waals surface area contributed by atoms with Gasteiger partial charge < -0.3 is 15.0 Å². The fourth-order valence-corrected chi connectivity index (χ4v) is 3.51. The molecule has 0 unspecified atom stereocenters. The fourth-order valence-electron chi connectivity index (χ4n) is 3.51. The maximum absolute atomic E-state index is 12.6. The van der Waals surface area contributed by atoms with Gasteiger partial charge in [-0.3, -0.25) is 9.59 Å². The van der Waals surface area contributed by atoms with Crippen molar-refractivity contribution in [2.45, 2.75) is 12.8 Å². The number of rotatable bonds is 5. The normalized spacial score (nSPS) is 13.5. The molecule has 6 nitrogen and oxygen atoms in total. The second-order valence-electron chi connectivity index (χ2n) is 6.82. The van der Waals surface area contributed by atoms with Crippen molar-refractivity contribution in [2.75, 3.05) is 23.4 Å². The van der Waals surface area contributed by atoms with Gasteiger partial charge in [0.05, 0.1) is 11.3 Å². The molecule has 1 aliphatic heterocycles. The summed E-state index contributed by atoms with van der Waals surface area (Å²) >= 11 is 0. The van der Waals surface area contributed by atoms with Crippen LogP contribution in [0.5, 0.6) is 0 Å². The fraction of sp³-hybridized carbons (Fsp3) is 0.174. The Bertz CT molecular complexity index is 1090. The van der Waals surface area contributed by atoms with E-state index in [0.29, 0.717) is 24.3 Å². The number of benzene rings is 3. The quantitative estimate of drug-likeness (QED) is 0.675. The van der Waals surface area contributed by atoms with Crippen LogP contribution in [0.4, 0.5) is 11.4 Å². The predicted octanol–water partition coefficient (Wildman–Crippen LogP) is 3.76. The van der Waals surface area contributed by atoms with Gasteiger partial charge in [0.2, 0.25) is 5.91 Å². The van der Waals surface area contributed by atoms with Gasteiger partial charge in [0.15, 0.2) is 6.61 Å². The van der Waals surface area contributed by atoms with Gasteiger partial charge >= 0.3 is 5.97 Å². The molecule has 2 amide bonds. The smallest absolute Gasteiger partial charge is 0.340 e. The minimum atomic E-state index is -0.631. The lowest BCUT2D eigenvalue weighted by Gasteiger charge is -2.18. The zero-order valence-corrected chi connectivity index (χ0v) is 15.8. The number of esters is 1. The van der Waals surface area contributed by atoms with Gasteiger partial charge in [-0.15, -0.1) is 0 Å². The van der Waals surface area contributed by atoms with Gasteiger partial charge in [-0.05, 0) is 30.0 Å². The van der Waals surface area contributed by atoms with Crippen molar-refractivity contribution in [2.24, 2.45) is 0 Å². The summed E-state index contributed by atoms with van der Waals surface area (Å²) in [6.45, 7) is 0.162. The first-order valence-corrected chi connectivity index (χ1v) is 9.47. The third-order valence-electron chi connectivity index (χ3n) is 4.89. The van der Waals surface area contributed by atoms with E-state index in [2.05, 4.69) is 5.32 Å². The summed E-state index contributed by atoms with van der Waals surface area (Å²) in [5, 5.41) is 4.70. The first-order valence-electron chi connectivity index (χ1n) is 9.47. The molecular formula is C23H20N2O4. The number of carbonyl (C=O) groups is 3. The predicted molar refractivity (Wildman–Crippen MR) is 111 cm³/mol. The van der Waals surface area contributed by atoms with E-state index in [1.54, 1.807) is 35.2 Å². The number of hydrogen-bond donors (Lipinski definition) is 1. The average molecular weight is 388 g/mol. The number of nitrogens with one attached hydrogen (secondary N) is 1. The van der Waals surface area contributed by atoms with Gasteiger partial charge in [-0.2, -0.15) is 0 Å². The monoisotopic (exact) mass is 388 g/mol. The molecule has 0 spiro atoms. The standard InChI is InChI=1S/C23H20N2O4/c26-21(24-19-11-5-8-16-7-1-2-9-17(16)19)15-29-23(28)18-10-3-4-12-20(18)25-14-6-13-22(25)27/h1-5,7-12H,6,13-15H2,(H,24,26). The van der Waals surface area contributed by atoms with Crippen LogP contribution in [0.25, 0.3) is 10.8 Å². The highest BCUT2D eigenvalue weighted by Crippen LogP contribution is 2.26. The Balaban J connectivity index is 1.44. The third-order valence-corrected chi connectivity index (χ3v) is 4.89. The van der Waals surface area contributed by atoms with E-state index in [1.807, 2.05) is 36.4 Å². The van der Waals surface area contributed by atoms with Crippen LogP contribution in [0.3, 0.4) is 0 Å². The topological polar surface area (TPSA) is 75.7 Å². The van der Waals surface area contributed by atoms with E-state index in [-0.39, 0.29) is 11.5 Å². The summed E-state index contributed by atoms with van der Waals surface area (Å²) in [5.74, 6) is -1.07. The Hall–Kier alpha value is -3.67. The van der Waals surface area contributed by atoms with Crippen LogP contribution in [0.15, 0.2) is 66.7 Å². The summed E-state index contributed by atoms with van der Waals surface area (Å²) in [6.07, 6.45) is 1.23. The van der Waals surface area contributed by atoms with Crippen molar-refractivity contribution in [3.05, 3.63) is 72.3 Å². The molecule has 0 aromatic heterocycles. The van der Waals surface area contributed by atoms with E-state index in [0.717, 1.165) is 17.2 Å². The van der Waals surface area contributed by atoms with E-state index in [4.69, 9.17) is 4.74 Å². The summed E-state index contributed by atoms with van der Waals surface area (Å²) < 4.78 is 5.22. The molecular weight excluding hydrogens is 368 g/mol. The number of ether oxygens (including phenoxy) is 1. The van der Waals surface area contributed by atoms with Crippen molar-refractivity contribution < 1.29 is 19.1 Å². The Morgan fingerprint density at radius 1 is 0.966 bits per heavy atom. The van der Waals surface area contributed by atoms with Crippen LogP contribution in [0.2, 0.25) is 0 Å². The van der Waals surface area contributed by atoms with Crippen LogP contribution in [0.1, 0.15) is 23.2 Å².